The van der Waals surface area contributed by atoms with E-state index in [4.69, 9.17) is 4.74 Å². The van der Waals surface area contributed by atoms with Gasteiger partial charge in [0.15, 0.2) is 0 Å². The van der Waals surface area contributed by atoms with Gasteiger partial charge >= 0.3 is 0 Å². The van der Waals surface area contributed by atoms with E-state index < -0.39 is 5.82 Å². The molecule has 1 aromatic rings. The number of benzene rings is 1. The summed E-state index contributed by atoms with van der Waals surface area (Å²) in [5.74, 6) is -0.653. The van der Waals surface area contributed by atoms with Gasteiger partial charge < -0.3 is 10.1 Å². The lowest BCUT2D eigenvalue weighted by atomic mass is 10.2. The van der Waals surface area contributed by atoms with Crippen LogP contribution in [-0.4, -0.2) is 25.2 Å². The summed E-state index contributed by atoms with van der Waals surface area (Å²) in [5, 5.41) is 2.74. The highest BCUT2D eigenvalue weighted by atomic mass is 19.1. The van der Waals surface area contributed by atoms with Gasteiger partial charge in [0.2, 0.25) is 0 Å². The van der Waals surface area contributed by atoms with Crippen LogP contribution in [0, 0.1) is 5.82 Å². The Bertz CT molecular complexity index is 375. The largest absolute Gasteiger partial charge is 0.376 e. The summed E-state index contributed by atoms with van der Waals surface area (Å²) in [6.45, 7) is 1.26. The van der Waals surface area contributed by atoms with E-state index in [1.165, 1.54) is 18.2 Å². The molecule has 86 valence electrons. The van der Waals surface area contributed by atoms with Crippen LogP contribution in [0.25, 0.3) is 0 Å². The summed E-state index contributed by atoms with van der Waals surface area (Å²) in [6.07, 6.45) is 2.13. The van der Waals surface area contributed by atoms with Crippen molar-refractivity contribution < 1.29 is 13.9 Å². The summed E-state index contributed by atoms with van der Waals surface area (Å²) in [6, 6.07) is 5.66. The molecule has 1 amide bonds. The molecule has 3 nitrogen and oxygen atoms in total. The zero-order valence-electron chi connectivity index (χ0n) is 8.91. The number of hydrogen-bond donors (Lipinski definition) is 1. The predicted octanol–water partition coefficient (Wildman–Crippen LogP) is 1.73. The minimum Gasteiger partial charge on any atom is -0.376 e. The third kappa shape index (κ3) is 2.79. The fraction of sp³-hybridized carbons (Fsp3) is 0.417. The molecule has 0 saturated carbocycles. The Morgan fingerprint density at radius 2 is 2.44 bits per heavy atom. The van der Waals surface area contributed by atoms with E-state index in [0.717, 1.165) is 19.4 Å². The van der Waals surface area contributed by atoms with Gasteiger partial charge in [-0.25, -0.2) is 4.39 Å². The molecule has 0 bridgehead atoms. The van der Waals surface area contributed by atoms with Crippen LogP contribution in [0.5, 0.6) is 0 Å². The number of ether oxygens (including phenoxy) is 1. The Morgan fingerprint density at radius 3 is 3.12 bits per heavy atom. The summed E-state index contributed by atoms with van der Waals surface area (Å²) < 4.78 is 18.2. The van der Waals surface area contributed by atoms with E-state index in [9.17, 15) is 9.18 Å². The first kappa shape index (κ1) is 11.1. The average Bonchev–Trinajstić information content (AvgIpc) is 2.78. The number of rotatable bonds is 3. The lowest BCUT2D eigenvalue weighted by molar-refractivity contribution is 0.0857. The molecule has 1 fully saturated rings. The van der Waals surface area contributed by atoms with Crippen LogP contribution in [0.2, 0.25) is 0 Å². The fourth-order valence-corrected chi connectivity index (χ4v) is 1.74. The van der Waals surface area contributed by atoms with Crippen molar-refractivity contribution in [2.24, 2.45) is 0 Å². The molecule has 4 heteroatoms. The molecule has 0 radical (unpaired) electrons. The molecular formula is C12H14FNO2. The molecule has 0 aromatic heterocycles. The Kier molecular flexibility index (Phi) is 3.51. The van der Waals surface area contributed by atoms with Crippen LogP contribution in [0.3, 0.4) is 0 Å². The van der Waals surface area contributed by atoms with E-state index in [2.05, 4.69) is 5.32 Å². The highest BCUT2D eigenvalue weighted by Gasteiger charge is 2.16. The highest BCUT2D eigenvalue weighted by molar-refractivity contribution is 5.94. The Balaban J connectivity index is 1.87. The Labute approximate surface area is 93.6 Å². The fourth-order valence-electron chi connectivity index (χ4n) is 1.74. The topological polar surface area (TPSA) is 38.3 Å². The monoisotopic (exact) mass is 223 g/mol. The number of amides is 1. The maximum Gasteiger partial charge on any atom is 0.251 e. The predicted molar refractivity (Wildman–Crippen MR) is 57.7 cm³/mol. The zero-order chi connectivity index (χ0) is 11.4. The third-order valence-electron chi connectivity index (χ3n) is 2.60. The molecule has 0 aliphatic carbocycles. The van der Waals surface area contributed by atoms with Gasteiger partial charge in [-0.2, -0.15) is 0 Å². The van der Waals surface area contributed by atoms with Crippen LogP contribution >= 0.6 is 0 Å². The summed E-state index contributed by atoms with van der Waals surface area (Å²) in [5.41, 5.74) is 0.345. The van der Waals surface area contributed by atoms with E-state index in [1.54, 1.807) is 6.07 Å². The molecule has 1 heterocycles. The van der Waals surface area contributed by atoms with Crippen molar-refractivity contribution in [3.63, 3.8) is 0 Å². The second kappa shape index (κ2) is 5.07. The van der Waals surface area contributed by atoms with Crippen LogP contribution < -0.4 is 5.32 Å². The quantitative estimate of drug-likeness (QED) is 0.847. The maximum absolute atomic E-state index is 12.9. The van der Waals surface area contributed by atoms with E-state index in [0.29, 0.717) is 12.1 Å². The Hall–Kier alpha value is -1.42. The molecule has 0 unspecified atom stereocenters. The molecule has 1 saturated heterocycles. The molecule has 1 aliphatic rings. The lowest BCUT2D eigenvalue weighted by Gasteiger charge is -2.10. The minimum atomic E-state index is -0.398. The van der Waals surface area contributed by atoms with Gasteiger partial charge in [0.05, 0.1) is 6.10 Å². The number of halogens is 1. The maximum atomic E-state index is 12.9. The van der Waals surface area contributed by atoms with Crippen LogP contribution in [0.15, 0.2) is 24.3 Å². The zero-order valence-corrected chi connectivity index (χ0v) is 8.91. The second-order valence-corrected chi connectivity index (χ2v) is 3.86. The van der Waals surface area contributed by atoms with Crippen molar-refractivity contribution in [2.45, 2.75) is 18.9 Å². The van der Waals surface area contributed by atoms with Crippen molar-refractivity contribution >= 4 is 5.91 Å². The summed E-state index contributed by atoms with van der Waals surface area (Å²) in [7, 11) is 0. The first-order valence-electron chi connectivity index (χ1n) is 5.41. The molecule has 0 spiro atoms. The van der Waals surface area contributed by atoms with Crippen LogP contribution in [0.4, 0.5) is 4.39 Å². The van der Waals surface area contributed by atoms with Gasteiger partial charge in [-0.05, 0) is 31.0 Å². The summed E-state index contributed by atoms with van der Waals surface area (Å²) in [4.78, 5) is 11.6. The number of nitrogens with one attached hydrogen (secondary N) is 1. The van der Waals surface area contributed by atoms with Crippen LogP contribution in [-0.2, 0) is 4.74 Å². The van der Waals surface area contributed by atoms with Crippen molar-refractivity contribution in [3.05, 3.63) is 35.6 Å². The standard InChI is InChI=1S/C12H14FNO2/c13-10-4-1-3-9(7-10)12(15)14-8-11-5-2-6-16-11/h1,3-4,7,11H,2,5-6,8H2,(H,14,15)/t11-/m0/s1. The van der Waals surface area contributed by atoms with E-state index in [1.807, 2.05) is 0 Å². The van der Waals surface area contributed by atoms with Gasteiger partial charge in [0.1, 0.15) is 5.82 Å². The smallest absolute Gasteiger partial charge is 0.251 e. The third-order valence-corrected chi connectivity index (χ3v) is 2.60. The van der Waals surface area contributed by atoms with Gasteiger partial charge in [-0.3, -0.25) is 4.79 Å². The second-order valence-electron chi connectivity index (χ2n) is 3.86. The van der Waals surface area contributed by atoms with E-state index >= 15 is 0 Å². The number of carbonyl (C=O) groups excluding carboxylic acids is 1. The molecule has 1 N–H and O–H groups in total. The number of hydrogen-bond acceptors (Lipinski definition) is 2. The summed E-state index contributed by atoms with van der Waals surface area (Å²) >= 11 is 0. The van der Waals surface area contributed by atoms with E-state index in [-0.39, 0.29) is 12.0 Å². The van der Waals surface area contributed by atoms with Gasteiger partial charge in [-0.1, -0.05) is 6.07 Å². The molecule has 1 aliphatic heterocycles. The van der Waals surface area contributed by atoms with Gasteiger partial charge in [0, 0.05) is 18.7 Å². The molecule has 1 aromatic carbocycles. The SMILES string of the molecule is O=C(NC[C@@H]1CCCO1)c1cccc(F)c1. The van der Waals surface area contributed by atoms with Crippen LogP contribution in [0.1, 0.15) is 23.2 Å². The lowest BCUT2D eigenvalue weighted by Crippen LogP contribution is -2.31. The van der Waals surface area contributed by atoms with Crippen molar-refractivity contribution in [1.82, 2.24) is 5.32 Å². The molecular weight excluding hydrogens is 209 g/mol. The average molecular weight is 223 g/mol. The Morgan fingerprint density at radius 1 is 1.56 bits per heavy atom. The highest BCUT2D eigenvalue weighted by Crippen LogP contribution is 2.11. The van der Waals surface area contributed by atoms with Crippen molar-refractivity contribution in [1.29, 1.82) is 0 Å². The molecule has 1 atom stereocenters. The minimum absolute atomic E-state index is 0.109. The van der Waals surface area contributed by atoms with Crippen molar-refractivity contribution in [3.8, 4) is 0 Å². The first-order chi connectivity index (χ1) is 7.75. The van der Waals surface area contributed by atoms with Crippen molar-refractivity contribution in [2.75, 3.05) is 13.2 Å². The van der Waals surface area contributed by atoms with Gasteiger partial charge in [0.25, 0.3) is 5.91 Å². The van der Waals surface area contributed by atoms with Gasteiger partial charge in [-0.15, -0.1) is 0 Å². The first-order valence-corrected chi connectivity index (χ1v) is 5.41. The normalized spacial score (nSPS) is 19.7. The molecule has 16 heavy (non-hydrogen) atoms. The molecule has 2 rings (SSSR count). The number of carbonyl (C=O) groups is 1.